The Hall–Kier alpha value is -3.49. The molecule has 0 fully saturated rings. The molecule has 0 aliphatic heterocycles. The average molecular weight is 357 g/mol. The maximum Gasteiger partial charge on any atom is 0.270 e. The van der Waals surface area contributed by atoms with Crippen LogP contribution in [0.15, 0.2) is 42.6 Å². The number of nitro groups is 1. The lowest BCUT2D eigenvalue weighted by atomic mass is 10.2. The lowest BCUT2D eigenvalue weighted by Crippen LogP contribution is -2.36. The van der Waals surface area contributed by atoms with Gasteiger partial charge in [0.25, 0.3) is 11.6 Å². The topological polar surface area (TPSA) is 117 Å². The van der Waals surface area contributed by atoms with Crippen molar-refractivity contribution < 1.29 is 14.5 Å². The normalized spacial score (nSPS) is 10.1. The van der Waals surface area contributed by atoms with Gasteiger partial charge in [-0.15, -0.1) is 0 Å². The van der Waals surface area contributed by atoms with Crippen molar-refractivity contribution in [1.82, 2.24) is 15.6 Å². The van der Waals surface area contributed by atoms with Gasteiger partial charge in [-0.3, -0.25) is 19.7 Å². The number of carbonyl (C=O) groups excluding carboxylic acids is 2. The summed E-state index contributed by atoms with van der Waals surface area (Å²) in [6.45, 7) is 0.0337. The van der Waals surface area contributed by atoms with Crippen molar-refractivity contribution in [1.29, 1.82) is 0 Å². The summed E-state index contributed by atoms with van der Waals surface area (Å²) in [6.07, 6.45) is 1.67. The summed E-state index contributed by atoms with van der Waals surface area (Å²) < 4.78 is 0. The Morgan fingerprint density at radius 2 is 1.96 bits per heavy atom. The first kappa shape index (κ1) is 18.8. The zero-order chi connectivity index (χ0) is 19.1. The molecule has 2 rings (SSSR count). The first-order chi connectivity index (χ1) is 12.4. The monoisotopic (exact) mass is 357 g/mol. The third-order valence-electron chi connectivity index (χ3n) is 3.50. The summed E-state index contributed by atoms with van der Waals surface area (Å²) >= 11 is 0. The van der Waals surface area contributed by atoms with E-state index >= 15 is 0 Å². The minimum absolute atomic E-state index is 0.120. The van der Waals surface area contributed by atoms with Crippen LogP contribution in [0.25, 0.3) is 0 Å². The highest BCUT2D eigenvalue weighted by molar-refractivity contribution is 5.96. The van der Waals surface area contributed by atoms with Gasteiger partial charge < -0.3 is 15.5 Å². The summed E-state index contributed by atoms with van der Waals surface area (Å²) in [5.41, 5.74) is 0.778. The lowest BCUT2D eigenvalue weighted by molar-refractivity contribution is -0.384. The molecule has 0 saturated heterocycles. The molecule has 136 valence electrons. The smallest absolute Gasteiger partial charge is 0.270 e. The molecule has 0 atom stereocenters. The molecule has 9 heteroatoms. The molecule has 1 heterocycles. The molecular formula is C17H19N5O4. The van der Waals surface area contributed by atoms with Crippen LogP contribution in [0.2, 0.25) is 0 Å². The highest BCUT2D eigenvalue weighted by Gasteiger charge is 2.13. The Labute approximate surface area is 150 Å². The first-order valence-corrected chi connectivity index (χ1v) is 7.79. The highest BCUT2D eigenvalue weighted by atomic mass is 16.6. The Balaban J connectivity index is 1.88. The number of rotatable bonds is 7. The summed E-state index contributed by atoms with van der Waals surface area (Å²) in [7, 11) is 3.71. The van der Waals surface area contributed by atoms with Crippen molar-refractivity contribution in [2.24, 2.45) is 0 Å². The molecule has 0 aliphatic carbocycles. The second kappa shape index (κ2) is 8.56. The van der Waals surface area contributed by atoms with Gasteiger partial charge in [-0.1, -0.05) is 12.1 Å². The van der Waals surface area contributed by atoms with E-state index in [4.69, 9.17) is 0 Å². The SMILES string of the molecule is CN(C)c1ncccc1CNC(=O)CNC(=O)c1cccc([N+](=O)[O-])c1. The van der Waals surface area contributed by atoms with Crippen molar-refractivity contribution in [3.05, 3.63) is 63.8 Å². The second-order valence-electron chi connectivity index (χ2n) is 5.65. The number of anilines is 1. The van der Waals surface area contributed by atoms with Gasteiger partial charge in [0.05, 0.1) is 11.5 Å². The van der Waals surface area contributed by atoms with Crippen LogP contribution in [0.5, 0.6) is 0 Å². The van der Waals surface area contributed by atoms with Crippen LogP contribution in [0.1, 0.15) is 15.9 Å². The van der Waals surface area contributed by atoms with Gasteiger partial charge in [0.1, 0.15) is 5.82 Å². The molecule has 0 unspecified atom stereocenters. The van der Waals surface area contributed by atoms with Gasteiger partial charge in [0.15, 0.2) is 0 Å². The molecule has 0 spiro atoms. The van der Waals surface area contributed by atoms with Gasteiger partial charge in [-0.25, -0.2) is 4.98 Å². The molecule has 2 N–H and O–H groups in total. The molecule has 1 aromatic carbocycles. The number of nitrogens with zero attached hydrogens (tertiary/aromatic N) is 3. The van der Waals surface area contributed by atoms with Gasteiger partial charge in [0.2, 0.25) is 5.91 Å². The number of carbonyl (C=O) groups is 2. The lowest BCUT2D eigenvalue weighted by Gasteiger charge is -2.16. The summed E-state index contributed by atoms with van der Waals surface area (Å²) in [5, 5.41) is 15.9. The molecule has 0 aliphatic rings. The summed E-state index contributed by atoms with van der Waals surface area (Å²) in [5.74, 6) is -0.190. The number of amides is 2. The van der Waals surface area contributed by atoms with Crippen LogP contribution in [-0.4, -0.2) is 42.4 Å². The molecule has 9 nitrogen and oxygen atoms in total. The number of benzene rings is 1. The van der Waals surface area contributed by atoms with Crippen LogP contribution in [-0.2, 0) is 11.3 Å². The molecule has 0 bridgehead atoms. The van der Waals surface area contributed by atoms with Gasteiger partial charge >= 0.3 is 0 Å². The number of nitro benzene ring substituents is 1. The number of hydrogen-bond donors (Lipinski definition) is 2. The second-order valence-corrected chi connectivity index (χ2v) is 5.65. The average Bonchev–Trinajstić information content (AvgIpc) is 2.64. The van der Waals surface area contributed by atoms with Crippen LogP contribution in [0.3, 0.4) is 0 Å². The molecule has 0 saturated carbocycles. The Kier molecular flexibility index (Phi) is 6.20. The molecule has 0 radical (unpaired) electrons. The maximum absolute atomic E-state index is 12.0. The van der Waals surface area contributed by atoms with Crippen molar-refractivity contribution in [3.8, 4) is 0 Å². The number of non-ortho nitro benzene ring substituents is 1. The van der Waals surface area contributed by atoms with Crippen molar-refractivity contribution in [2.45, 2.75) is 6.54 Å². The van der Waals surface area contributed by atoms with E-state index in [0.29, 0.717) is 0 Å². The van der Waals surface area contributed by atoms with E-state index in [1.807, 2.05) is 25.1 Å². The van der Waals surface area contributed by atoms with Crippen LogP contribution in [0.4, 0.5) is 11.5 Å². The summed E-state index contributed by atoms with van der Waals surface area (Å²) in [6, 6.07) is 8.94. The zero-order valence-electron chi connectivity index (χ0n) is 14.4. The van der Waals surface area contributed by atoms with Crippen LogP contribution in [0, 0.1) is 10.1 Å². The molecule has 2 aromatic rings. The van der Waals surface area contributed by atoms with Gasteiger partial charge in [0, 0.05) is 50.1 Å². The zero-order valence-corrected chi connectivity index (χ0v) is 14.4. The predicted octanol–water partition coefficient (Wildman–Crippen LogP) is 1.10. The molecule has 2 amide bonds. The fourth-order valence-corrected chi connectivity index (χ4v) is 2.25. The van der Waals surface area contributed by atoms with Crippen LogP contribution >= 0.6 is 0 Å². The Morgan fingerprint density at radius 3 is 2.65 bits per heavy atom. The highest BCUT2D eigenvalue weighted by Crippen LogP contribution is 2.14. The van der Waals surface area contributed by atoms with E-state index in [9.17, 15) is 19.7 Å². The van der Waals surface area contributed by atoms with Crippen molar-refractivity contribution >= 4 is 23.3 Å². The first-order valence-electron chi connectivity index (χ1n) is 7.79. The number of pyridine rings is 1. The third kappa shape index (κ3) is 5.00. The summed E-state index contributed by atoms with van der Waals surface area (Å²) in [4.78, 5) is 40.2. The van der Waals surface area contributed by atoms with E-state index in [-0.39, 0.29) is 30.2 Å². The van der Waals surface area contributed by atoms with E-state index in [2.05, 4.69) is 15.6 Å². The number of nitrogens with one attached hydrogen (secondary N) is 2. The minimum Gasteiger partial charge on any atom is -0.362 e. The van der Waals surface area contributed by atoms with E-state index in [1.165, 1.54) is 18.2 Å². The fraction of sp³-hybridized carbons (Fsp3) is 0.235. The number of hydrogen-bond acceptors (Lipinski definition) is 6. The van der Waals surface area contributed by atoms with Crippen LogP contribution < -0.4 is 15.5 Å². The van der Waals surface area contributed by atoms with E-state index in [0.717, 1.165) is 17.4 Å². The van der Waals surface area contributed by atoms with E-state index < -0.39 is 10.8 Å². The van der Waals surface area contributed by atoms with Crippen molar-refractivity contribution in [2.75, 3.05) is 25.5 Å². The molecule has 1 aromatic heterocycles. The Morgan fingerprint density at radius 1 is 1.19 bits per heavy atom. The maximum atomic E-state index is 12.0. The van der Waals surface area contributed by atoms with Gasteiger partial charge in [-0.2, -0.15) is 0 Å². The molecular weight excluding hydrogens is 338 g/mol. The van der Waals surface area contributed by atoms with E-state index in [1.54, 1.807) is 12.3 Å². The Bertz CT molecular complexity index is 822. The third-order valence-corrected chi connectivity index (χ3v) is 3.50. The standard InChI is InChI=1S/C17H19N5O4/c1-21(2)16-13(6-4-8-18-16)10-19-15(23)11-20-17(24)12-5-3-7-14(9-12)22(25)26/h3-9H,10-11H2,1-2H3,(H,19,23)(H,20,24). The fourth-order valence-electron chi connectivity index (χ4n) is 2.25. The largest absolute Gasteiger partial charge is 0.362 e. The quantitative estimate of drug-likeness (QED) is 0.566. The number of aromatic nitrogens is 1. The minimum atomic E-state index is -0.584. The van der Waals surface area contributed by atoms with Gasteiger partial charge in [-0.05, 0) is 12.1 Å². The molecule has 26 heavy (non-hydrogen) atoms. The predicted molar refractivity (Wildman–Crippen MR) is 95.8 cm³/mol. The van der Waals surface area contributed by atoms with Crippen molar-refractivity contribution in [3.63, 3.8) is 0 Å².